The summed E-state index contributed by atoms with van der Waals surface area (Å²) in [5.74, 6) is 1.02. The molecule has 8 aromatic rings. The van der Waals surface area contributed by atoms with Crippen LogP contribution in [0.3, 0.4) is 0 Å². The second kappa shape index (κ2) is 14.4. The topological polar surface area (TPSA) is 42.2 Å². The first-order valence-electron chi connectivity index (χ1n) is 18.1. The van der Waals surface area contributed by atoms with Crippen LogP contribution >= 0.6 is 0 Å². The van der Waals surface area contributed by atoms with Gasteiger partial charge in [0.05, 0.1) is 0 Å². The molecule has 5 heteroatoms. The first-order valence-corrected chi connectivity index (χ1v) is 20.1. The predicted octanol–water partition coefficient (Wildman–Crippen LogP) is 9.55. The van der Waals surface area contributed by atoms with Crippen LogP contribution in [0.5, 0.6) is 0 Å². The summed E-state index contributed by atoms with van der Waals surface area (Å²) in [5, 5.41) is 14.1. The minimum absolute atomic E-state index is 0.0744. The van der Waals surface area contributed by atoms with Crippen molar-refractivity contribution in [1.82, 2.24) is 10.2 Å². The van der Waals surface area contributed by atoms with Crippen LogP contribution in [0.4, 0.5) is 17.1 Å². The molecule has 8 rings (SSSR count). The summed E-state index contributed by atoms with van der Waals surface area (Å²) in [6, 6.07) is 69.5. The highest BCUT2D eigenvalue weighted by atomic mass is 28.3. The van der Waals surface area contributed by atoms with Gasteiger partial charge in [-0.2, -0.15) is 0 Å². The van der Waals surface area contributed by atoms with Gasteiger partial charge in [-0.05, 0) is 92.4 Å². The Labute approximate surface area is 313 Å². The highest BCUT2D eigenvalue weighted by Crippen LogP contribution is 2.34. The standard InChI is InChI=1S/C48H41N3OSi/c1-48(2,3)38-28-24-36(25-29-38)46-49-50-47(52-46)37-26-32-44(33-27-37)53(42-20-12-6-13-21-42,43-22-14-7-15-23-43)45-34-30-41(31-35-45)51(39-16-8-4-9-17-39)40-18-10-5-11-19-40/h4-35H,1-3H3. The molecular weight excluding hydrogens is 663 g/mol. The van der Waals surface area contributed by atoms with Crippen molar-refractivity contribution in [3.8, 4) is 22.9 Å². The molecule has 0 fully saturated rings. The minimum atomic E-state index is -2.79. The molecule has 0 saturated carbocycles. The maximum Gasteiger partial charge on any atom is 0.248 e. The number of nitrogens with zero attached hydrogens (tertiary/aromatic N) is 3. The van der Waals surface area contributed by atoms with E-state index in [2.05, 4.69) is 230 Å². The Kier molecular flexibility index (Phi) is 9.17. The molecule has 0 aliphatic carbocycles. The molecule has 1 heterocycles. The average Bonchev–Trinajstić information content (AvgIpc) is 3.71. The fraction of sp³-hybridized carbons (Fsp3) is 0.0833. The van der Waals surface area contributed by atoms with Gasteiger partial charge in [-0.1, -0.05) is 154 Å². The van der Waals surface area contributed by atoms with Crippen LogP contribution in [0.15, 0.2) is 199 Å². The molecule has 0 spiro atoms. The summed E-state index contributed by atoms with van der Waals surface area (Å²) in [7, 11) is -2.79. The van der Waals surface area contributed by atoms with Gasteiger partial charge in [0.1, 0.15) is 0 Å². The molecular formula is C48H41N3OSi. The Morgan fingerprint density at radius 1 is 0.396 bits per heavy atom. The zero-order chi connectivity index (χ0) is 36.3. The third-order valence-electron chi connectivity index (χ3n) is 9.99. The molecule has 7 aromatic carbocycles. The number of hydrogen-bond donors (Lipinski definition) is 0. The van der Waals surface area contributed by atoms with Crippen LogP contribution in [-0.2, 0) is 5.41 Å². The van der Waals surface area contributed by atoms with E-state index in [4.69, 9.17) is 4.42 Å². The Balaban J connectivity index is 1.22. The van der Waals surface area contributed by atoms with Crippen molar-refractivity contribution in [3.63, 3.8) is 0 Å². The molecule has 258 valence electrons. The summed E-state index contributed by atoms with van der Waals surface area (Å²) in [5.41, 5.74) is 6.47. The third-order valence-corrected chi connectivity index (χ3v) is 14.8. The summed E-state index contributed by atoms with van der Waals surface area (Å²) in [4.78, 5) is 2.31. The maximum atomic E-state index is 6.25. The largest absolute Gasteiger partial charge is 0.416 e. The van der Waals surface area contributed by atoms with Crippen molar-refractivity contribution >= 4 is 45.9 Å². The zero-order valence-electron chi connectivity index (χ0n) is 30.2. The van der Waals surface area contributed by atoms with E-state index in [1.807, 2.05) is 0 Å². The highest BCUT2D eigenvalue weighted by molar-refractivity contribution is 7.19. The van der Waals surface area contributed by atoms with E-state index in [9.17, 15) is 0 Å². The van der Waals surface area contributed by atoms with Crippen molar-refractivity contribution in [2.45, 2.75) is 26.2 Å². The minimum Gasteiger partial charge on any atom is -0.416 e. The van der Waals surface area contributed by atoms with Gasteiger partial charge in [-0.25, -0.2) is 0 Å². The SMILES string of the molecule is CC(C)(C)c1ccc(-c2nnc(-c3ccc([Si](c4ccccc4)(c4ccccc4)c4ccc(N(c5ccccc5)c5ccccc5)cc4)cc3)o2)cc1. The zero-order valence-corrected chi connectivity index (χ0v) is 31.2. The molecule has 4 nitrogen and oxygen atoms in total. The van der Waals surface area contributed by atoms with Crippen LogP contribution in [0.25, 0.3) is 22.9 Å². The monoisotopic (exact) mass is 703 g/mol. The van der Waals surface area contributed by atoms with Crippen molar-refractivity contribution in [2.75, 3.05) is 4.90 Å². The lowest BCUT2D eigenvalue weighted by atomic mass is 9.87. The fourth-order valence-corrected chi connectivity index (χ4v) is 12.0. The lowest BCUT2D eigenvalue weighted by Gasteiger charge is -2.35. The lowest BCUT2D eigenvalue weighted by molar-refractivity contribution is 0.582. The summed E-state index contributed by atoms with van der Waals surface area (Å²) < 4.78 is 6.25. The molecule has 0 aliphatic heterocycles. The maximum absolute atomic E-state index is 6.25. The Morgan fingerprint density at radius 3 is 1.15 bits per heavy atom. The van der Waals surface area contributed by atoms with Crippen LogP contribution in [0, 0.1) is 0 Å². The van der Waals surface area contributed by atoms with Crippen LogP contribution in [-0.4, -0.2) is 18.3 Å². The van der Waals surface area contributed by atoms with E-state index < -0.39 is 8.07 Å². The summed E-state index contributed by atoms with van der Waals surface area (Å²) in [6.07, 6.45) is 0. The number of para-hydroxylation sites is 2. The first kappa shape index (κ1) is 33.8. The molecule has 0 saturated heterocycles. The van der Waals surface area contributed by atoms with Crippen LogP contribution in [0.1, 0.15) is 26.3 Å². The molecule has 0 amide bonds. The summed E-state index contributed by atoms with van der Waals surface area (Å²) in [6.45, 7) is 6.64. The fourth-order valence-electron chi connectivity index (χ4n) is 7.27. The van der Waals surface area contributed by atoms with Crippen molar-refractivity contribution < 1.29 is 4.42 Å². The second-order valence-corrected chi connectivity index (χ2v) is 18.2. The molecule has 0 aliphatic rings. The van der Waals surface area contributed by atoms with Crippen LogP contribution in [0.2, 0.25) is 0 Å². The Bertz CT molecular complexity index is 2310. The number of anilines is 3. The smallest absolute Gasteiger partial charge is 0.248 e. The number of hydrogen-bond acceptors (Lipinski definition) is 4. The average molecular weight is 704 g/mol. The highest BCUT2D eigenvalue weighted by Gasteiger charge is 2.41. The predicted molar refractivity (Wildman–Crippen MR) is 222 cm³/mol. The van der Waals surface area contributed by atoms with Gasteiger partial charge in [0.2, 0.25) is 11.8 Å². The van der Waals surface area contributed by atoms with E-state index in [0.29, 0.717) is 11.8 Å². The normalized spacial score (nSPS) is 11.7. The lowest BCUT2D eigenvalue weighted by Crippen LogP contribution is -2.74. The van der Waals surface area contributed by atoms with E-state index in [0.717, 1.165) is 28.2 Å². The van der Waals surface area contributed by atoms with Gasteiger partial charge in [0, 0.05) is 28.2 Å². The van der Waals surface area contributed by atoms with Gasteiger partial charge in [-0.3, -0.25) is 0 Å². The van der Waals surface area contributed by atoms with E-state index in [1.54, 1.807) is 0 Å². The summed E-state index contributed by atoms with van der Waals surface area (Å²) >= 11 is 0. The van der Waals surface area contributed by atoms with Crippen molar-refractivity contribution in [3.05, 3.63) is 200 Å². The molecule has 0 radical (unpaired) electrons. The number of aromatic nitrogens is 2. The quantitative estimate of drug-likeness (QED) is 0.111. The van der Waals surface area contributed by atoms with E-state index in [1.165, 1.54) is 26.3 Å². The first-order chi connectivity index (χ1) is 25.9. The molecule has 53 heavy (non-hydrogen) atoms. The number of rotatable bonds is 9. The molecule has 0 N–H and O–H groups in total. The molecule has 0 bridgehead atoms. The van der Waals surface area contributed by atoms with Crippen molar-refractivity contribution in [2.24, 2.45) is 0 Å². The van der Waals surface area contributed by atoms with Gasteiger partial charge in [0.15, 0.2) is 8.07 Å². The van der Waals surface area contributed by atoms with Gasteiger partial charge in [0.25, 0.3) is 0 Å². The van der Waals surface area contributed by atoms with Gasteiger partial charge in [-0.15, -0.1) is 10.2 Å². The Morgan fingerprint density at radius 2 is 0.736 bits per heavy atom. The third kappa shape index (κ3) is 6.63. The van der Waals surface area contributed by atoms with E-state index in [-0.39, 0.29) is 5.41 Å². The molecule has 1 aromatic heterocycles. The molecule has 0 atom stereocenters. The second-order valence-electron chi connectivity index (χ2n) is 14.4. The molecule has 0 unspecified atom stereocenters. The van der Waals surface area contributed by atoms with E-state index >= 15 is 0 Å². The van der Waals surface area contributed by atoms with Gasteiger partial charge >= 0.3 is 0 Å². The Hall–Kier alpha value is -6.30. The van der Waals surface area contributed by atoms with Crippen LogP contribution < -0.4 is 25.6 Å². The van der Waals surface area contributed by atoms with Gasteiger partial charge < -0.3 is 9.32 Å². The number of benzene rings is 7. The van der Waals surface area contributed by atoms with Crippen molar-refractivity contribution in [1.29, 1.82) is 0 Å².